The Kier molecular flexibility index (Phi) is 3.81. The Hall–Kier alpha value is -1.22. The Balaban J connectivity index is 2.16. The number of aliphatic hydroxyl groups excluding tert-OH is 1. The topological polar surface area (TPSA) is 95.1 Å². The first-order valence-corrected chi connectivity index (χ1v) is 7.61. The fourth-order valence-electron chi connectivity index (χ4n) is 1.46. The first-order valence-electron chi connectivity index (χ1n) is 5.19. The molecule has 0 fully saturated rings. The first-order chi connectivity index (χ1) is 8.54. The van der Waals surface area contributed by atoms with Crippen molar-refractivity contribution in [3.63, 3.8) is 0 Å². The van der Waals surface area contributed by atoms with Gasteiger partial charge in [0.15, 0.2) is 5.03 Å². The highest BCUT2D eigenvalue weighted by molar-refractivity contribution is 7.89. The number of aromatic nitrogens is 2. The van der Waals surface area contributed by atoms with Crippen molar-refractivity contribution < 1.29 is 13.5 Å². The average molecular weight is 287 g/mol. The number of aliphatic hydroxyl groups is 1. The number of aryl methyl sites for hydroxylation is 1. The SMILES string of the molecule is Cc1cscc1CNS(=O)(=O)c1[nH]ncc1CO. The monoisotopic (exact) mass is 287 g/mol. The number of aromatic amines is 1. The number of thiophene rings is 1. The number of hydrogen-bond acceptors (Lipinski definition) is 5. The highest BCUT2D eigenvalue weighted by Gasteiger charge is 2.20. The van der Waals surface area contributed by atoms with Crippen molar-refractivity contribution in [2.24, 2.45) is 0 Å². The molecule has 0 bridgehead atoms. The molecule has 18 heavy (non-hydrogen) atoms. The predicted molar refractivity (Wildman–Crippen MR) is 67.6 cm³/mol. The van der Waals surface area contributed by atoms with Crippen LogP contribution < -0.4 is 4.72 Å². The fraction of sp³-hybridized carbons (Fsp3) is 0.300. The molecule has 2 aromatic heterocycles. The Labute approximate surface area is 109 Å². The van der Waals surface area contributed by atoms with Crippen LogP contribution in [0.15, 0.2) is 22.0 Å². The van der Waals surface area contributed by atoms with Crippen molar-refractivity contribution >= 4 is 21.4 Å². The summed E-state index contributed by atoms with van der Waals surface area (Å²) in [4.78, 5) is 0. The molecule has 2 rings (SSSR count). The summed E-state index contributed by atoms with van der Waals surface area (Å²) >= 11 is 1.53. The van der Waals surface area contributed by atoms with Gasteiger partial charge >= 0.3 is 0 Å². The van der Waals surface area contributed by atoms with E-state index in [1.165, 1.54) is 17.5 Å². The number of sulfonamides is 1. The lowest BCUT2D eigenvalue weighted by Gasteiger charge is -2.06. The van der Waals surface area contributed by atoms with Crippen molar-refractivity contribution in [3.05, 3.63) is 33.6 Å². The molecule has 0 spiro atoms. The lowest BCUT2D eigenvalue weighted by atomic mass is 10.2. The maximum atomic E-state index is 12.0. The van der Waals surface area contributed by atoms with Gasteiger partial charge in [-0.1, -0.05) is 0 Å². The second-order valence-electron chi connectivity index (χ2n) is 3.79. The Morgan fingerprint density at radius 3 is 2.83 bits per heavy atom. The van der Waals surface area contributed by atoms with Gasteiger partial charge in [0.25, 0.3) is 10.0 Å². The average Bonchev–Trinajstić information content (AvgIpc) is 2.95. The van der Waals surface area contributed by atoms with Crippen LogP contribution in [0, 0.1) is 6.92 Å². The zero-order valence-electron chi connectivity index (χ0n) is 9.67. The van der Waals surface area contributed by atoms with Crippen LogP contribution in [0.2, 0.25) is 0 Å². The number of nitrogens with one attached hydrogen (secondary N) is 2. The molecular weight excluding hydrogens is 274 g/mol. The zero-order valence-corrected chi connectivity index (χ0v) is 11.3. The minimum absolute atomic E-state index is 0.0853. The van der Waals surface area contributed by atoms with Crippen LogP contribution in [-0.2, 0) is 23.2 Å². The van der Waals surface area contributed by atoms with Crippen LogP contribution in [-0.4, -0.2) is 23.7 Å². The minimum atomic E-state index is -3.68. The highest BCUT2D eigenvalue weighted by Crippen LogP contribution is 2.16. The maximum Gasteiger partial charge on any atom is 0.258 e. The lowest BCUT2D eigenvalue weighted by Crippen LogP contribution is -2.24. The molecular formula is C10H13N3O3S2. The third-order valence-electron chi connectivity index (χ3n) is 2.53. The van der Waals surface area contributed by atoms with Gasteiger partial charge in [-0.2, -0.15) is 16.4 Å². The van der Waals surface area contributed by atoms with Crippen molar-refractivity contribution in [1.82, 2.24) is 14.9 Å². The molecule has 0 amide bonds. The summed E-state index contributed by atoms with van der Waals surface area (Å²) in [6, 6.07) is 0. The van der Waals surface area contributed by atoms with Crippen molar-refractivity contribution in [2.75, 3.05) is 0 Å². The highest BCUT2D eigenvalue weighted by atomic mass is 32.2. The number of rotatable bonds is 5. The van der Waals surface area contributed by atoms with Crippen LogP contribution in [0.25, 0.3) is 0 Å². The number of hydrogen-bond donors (Lipinski definition) is 3. The predicted octanol–water partition coefficient (Wildman–Crippen LogP) is 0.750. The molecule has 0 saturated carbocycles. The Morgan fingerprint density at radius 1 is 1.44 bits per heavy atom. The van der Waals surface area contributed by atoms with Gasteiger partial charge in [0, 0.05) is 12.1 Å². The number of H-pyrrole nitrogens is 1. The van der Waals surface area contributed by atoms with Crippen molar-refractivity contribution in [3.8, 4) is 0 Å². The molecule has 0 aromatic carbocycles. The van der Waals surface area contributed by atoms with Crippen LogP contribution in [0.3, 0.4) is 0 Å². The van der Waals surface area contributed by atoms with E-state index in [0.29, 0.717) is 0 Å². The third-order valence-corrected chi connectivity index (χ3v) is 4.86. The van der Waals surface area contributed by atoms with Crippen LogP contribution in [0.4, 0.5) is 0 Å². The maximum absolute atomic E-state index is 12.0. The molecule has 0 atom stereocenters. The van der Waals surface area contributed by atoms with E-state index < -0.39 is 10.0 Å². The van der Waals surface area contributed by atoms with E-state index in [0.717, 1.165) is 11.1 Å². The van der Waals surface area contributed by atoms with Gasteiger partial charge in [0.1, 0.15) is 0 Å². The standard InChI is InChI=1S/C10H13N3O3S2/c1-7-5-17-6-9(7)3-12-18(15,16)10-8(4-14)2-11-13-10/h2,5-6,12,14H,3-4H2,1H3,(H,11,13). The van der Waals surface area contributed by atoms with Gasteiger partial charge in [-0.15, -0.1) is 0 Å². The molecule has 0 saturated heterocycles. The molecule has 0 aliphatic rings. The van der Waals surface area contributed by atoms with E-state index in [4.69, 9.17) is 5.11 Å². The van der Waals surface area contributed by atoms with Gasteiger partial charge in [0.2, 0.25) is 0 Å². The van der Waals surface area contributed by atoms with Gasteiger partial charge in [-0.3, -0.25) is 5.10 Å². The smallest absolute Gasteiger partial charge is 0.258 e. The summed E-state index contributed by atoms with van der Waals surface area (Å²) in [6.45, 7) is 1.78. The molecule has 0 aliphatic heterocycles. The fourth-order valence-corrected chi connectivity index (χ4v) is 3.44. The summed E-state index contributed by atoms with van der Waals surface area (Å²) < 4.78 is 26.5. The molecule has 98 valence electrons. The number of nitrogens with zero attached hydrogens (tertiary/aromatic N) is 1. The van der Waals surface area contributed by atoms with Crippen LogP contribution >= 0.6 is 11.3 Å². The summed E-state index contributed by atoms with van der Waals surface area (Å²) in [6.07, 6.45) is 1.30. The van der Waals surface area contributed by atoms with Gasteiger partial charge in [0.05, 0.1) is 12.8 Å². The second kappa shape index (κ2) is 5.19. The Morgan fingerprint density at radius 2 is 2.22 bits per heavy atom. The minimum Gasteiger partial charge on any atom is -0.392 e. The summed E-state index contributed by atoms with van der Waals surface area (Å²) in [5, 5.41) is 18.8. The third kappa shape index (κ3) is 2.61. The molecule has 3 N–H and O–H groups in total. The summed E-state index contributed by atoms with van der Waals surface area (Å²) in [5.74, 6) is 0. The van der Waals surface area contributed by atoms with Crippen molar-refractivity contribution in [2.45, 2.75) is 25.1 Å². The van der Waals surface area contributed by atoms with Gasteiger partial charge in [-0.05, 0) is 28.8 Å². The molecule has 0 unspecified atom stereocenters. The van der Waals surface area contributed by atoms with Gasteiger partial charge < -0.3 is 5.11 Å². The summed E-state index contributed by atoms with van der Waals surface area (Å²) in [7, 11) is -3.68. The molecule has 0 aliphatic carbocycles. The van der Waals surface area contributed by atoms with E-state index in [1.807, 2.05) is 17.7 Å². The van der Waals surface area contributed by atoms with E-state index >= 15 is 0 Å². The quantitative estimate of drug-likeness (QED) is 0.756. The van der Waals surface area contributed by atoms with E-state index in [1.54, 1.807) is 0 Å². The normalized spacial score (nSPS) is 11.9. The van der Waals surface area contributed by atoms with E-state index in [-0.39, 0.29) is 23.7 Å². The molecule has 2 heterocycles. The molecule has 2 aromatic rings. The van der Waals surface area contributed by atoms with E-state index in [9.17, 15) is 8.42 Å². The first kappa shape index (κ1) is 13.2. The van der Waals surface area contributed by atoms with Crippen LogP contribution in [0.5, 0.6) is 0 Å². The molecule has 8 heteroatoms. The summed E-state index contributed by atoms with van der Waals surface area (Å²) in [5.41, 5.74) is 2.24. The largest absolute Gasteiger partial charge is 0.392 e. The molecule has 6 nitrogen and oxygen atoms in total. The van der Waals surface area contributed by atoms with E-state index in [2.05, 4.69) is 14.9 Å². The van der Waals surface area contributed by atoms with Gasteiger partial charge in [-0.25, -0.2) is 13.1 Å². The lowest BCUT2D eigenvalue weighted by molar-refractivity contribution is 0.278. The molecule has 0 radical (unpaired) electrons. The van der Waals surface area contributed by atoms with Crippen LogP contribution in [0.1, 0.15) is 16.7 Å². The van der Waals surface area contributed by atoms with Crippen molar-refractivity contribution in [1.29, 1.82) is 0 Å². The zero-order chi connectivity index (χ0) is 13.2. The second-order valence-corrected chi connectivity index (χ2v) is 6.23. The Bertz CT molecular complexity index is 630.